The number of aliphatic hydroxyl groups is 1. The number of aliphatic hydroxyl groups excluding tert-OH is 1. The molecule has 1 aromatic rings. The van der Waals surface area contributed by atoms with E-state index in [1.54, 1.807) is 13.8 Å². The molecule has 0 aliphatic carbocycles. The van der Waals surface area contributed by atoms with E-state index in [9.17, 15) is 9.90 Å². The lowest BCUT2D eigenvalue weighted by Gasteiger charge is -2.53. The van der Waals surface area contributed by atoms with Gasteiger partial charge in [0.2, 0.25) is 5.91 Å². The third-order valence-corrected chi connectivity index (χ3v) is 13.5. The molecule has 5 saturated heterocycles. The maximum absolute atomic E-state index is 12.6. The molecule has 13 heteroatoms. The largest absolute Gasteiger partial charge is 0.388 e. The third-order valence-electron chi connectivity index (χ3n) is 13.5. The number of ether oxygens (including phenoxy) is 10. The van der Waals surface area contributed by atoms with Crippen molar-refractivity contribution >= 4 is 5.91 Å². The number of nitrogens with one attached hydrogen (secondary N) is 1. The van der Waals surface area contributed by atoms with E-state index in [1.165, 1.54) is 6.92 Å². The van der Waals surface area contributed by atoms with E-state index >= 15 is 0 Å². The summed E-state index contributed by atoms with van der Waals surface area (Å²) in [5.74, 6) is -0.576. The minimum atomic E-state index is -1.17. The number of benzene rings is 1. The summed E-state index contributed by atoms with van der Waals surface area (Å²) in [6.45, 7) is 25.2. The van der Waals surface area contributed by atoms with Crippen molar-refractivity contribution in [1.82, 2.24) is 5.32 Å². The Hall–Kier alpha value is -1.75. The van der Waals surface area contributed by atoms with E-state index in [-0.39, 0.29) is 78.5 Å². The standard InChI is InChI=1S/C43H69NO12/c1-21-23(3)32(19-47-18-31-16-14-13-15-17-31)51-40(25(21)5)54-37-26(6)28(8)50-42(53-36-24(4)22(2)27(7)49-29(36)9)39(37)55-41-34(44-30(10)45)35(46)38-33(52-41)20-48-43(11,12)56-38/h13-17,21-29,32-42,46H,18-20H2,1-12H3,(H,44,45)/t21?,22-,23+,24+,25?,26+,27?,28?,29+,32+,33?,34+,35?,36?,37+,38-,39?,40-,41+,42+/m1/s1. The normalized spacial score (nSPS) is 46.8. The van der Waals surface area contributed by atoms with Crippen LogP contribution in [-0.4, -0.2) is 116 Å². The Morgan fingerprint density at radius 3 is 2.09 bits per heavy atom. The summed E-state index contributed by atoms with van der Waals surface area (Å²) in [6.07, 6.45) is -7.66. The molecule has 1 amide bonds. The van der Waals surface area contributed by atoms with Gasteiger partial charge in [-0.15, -0.1) is 0 Å². The average Bonchev–Trinajstić information content (AvgIpc) is 3.15. The van der Waals surface area contributed by atoms with Gasteiger partial charge in [-0.1, -0.05) is 71.9 Å². The van der Waals surface area contributed by atoms with Gasteiger partial charge in [-0.05, 0) is 63.9 Å². The molecule has 56 heavy (non-hydrogen) atoms. The number of amides is 1. The molecule has 1 aromatic carbocycles. The van der Waals surface area contributed by atoms with Crippen LogP contribution in [0.2, 0.25) is 0 Å². The Bertz CT molecular complexity index is 1420. The van der Waals surface area contributed by atoms with E-state index < -0.39 is 61.2 Å². The van der Waals surface area contributed by atoms with Crippen LogP contribution in [0.1, 0.15) is 88.6 Å². The molecular weight excluding hydrogens is 722 g/mol. The molecule has 0 radical (unpaired) electrons. The van der Waals surface area contributed by atoms with Crippen molar-refractivity contribution in [2.45, 2.75) is 181 Å². The number of hydrogen-bond acceptors (Lipinski definition) is 12. The van der Waals surface area contributed by atoms with Gasteiger partial charge in [0, 0.05) is 18.8 Å². The first-order valence-corrected chi connectivity index (χ1v) is 20.9. The van der Waals surface area contributed by atoms with Crippen molar-refractivity contribution in [2.75, 3.05) is 13.2 Å². The molecule has 2 N–H and O–H groups in total. The first kappa shape index (κ1) is 43.8. The van der Waals surface area contributed by atoms with Crippen molar-refractivity contribution in [3.63, 3.8) is 0 Å². The Kier molecular flexibility index (Phi) is 14.3. The monoisotopic (exact) mass is 791 g/mol. The average molecular weight is 792 g/mol. The van der Waals surface area contributed by atoms with E-state index in [0.717, 1.165) is 5.56 Å². The maximum atomic E-state index is 12.6. The van der Waals surface area contributed by atoms with Crippen molar-refractivity contribution in [1.29, 1.82) is 0 Å². The van der Waals surface area contributed by atoms with Gasteiger partial charge in [0.25, 0.3) is 0 Å². The van der Waals surface area contributed by atoms with Crippen LogP contribution in [0.25, 0.3) is 0 Å². The first-order chi connectivity index (χ1) is 26.5. The fourth-order valence-corrected chi connectivity index (χ4v) is 9.03. The van der Waals surface area contributed by atoms with Gasteiger partial charge < -0.3 is 57.8 Å². The van der Waals surface area contributed by atoms with E-state index in [1.807, 2.05) is 32.0 Å². The van der Waals surface area contributed by atoms with E-state index in [0.29, 0.717) is 13.2 Å². The highest BCUT2D eigenvalue weighted by Gasteiger charge is 2.56. The highest BCUT2D eigenvalue weighted by atomic mass is 16.8. The molecule has 0 spiro atoms. The second kappa shape index (κ2) is 18.3. The summed E-state index contributed by atoms with van der Waals surface area (Å²) in [5, 5.41) is 14.7. The molecule has 5 heterocycles. The molecule has 0 saturated carbocycles. The van der Waals surface area contributed by atoms with Crippen molar-refractivity contribution in [2.24, 2.45) is 35.5 Å². The Morgan fingerprint density at radius 1 is 0.732 bits per heavy atom. The van der Waals surface area contributed by atoms with Crippen LogP contribution in [0.5, 0.6) is 0 Å². The lowest BCUT2D eigenvalue weighted by atomic mass is 9.79. The number of hydrogen-bond donors (Lipinski definition) is 2. The SMILES string of the molecule is CC(=O)N[C@H]1C(O)[C@@H]2OC(C)(C)OCC2O[C@H]1OC1[C@H](OC2[C@H](C)OC(C)[C@H](C)[C@@H]2C)OC(C)[C@H](C)[C@@H]1O[C@H]1O[C@@H](COCc2ccccc2)[C@@H](C)C(C)C1C. The Morgan fingerprint density at radius 2 is 1.39 bits per heavy atom. The van der Waals surface area contributed by atoms with Crippen LogP contribution < -0.4 is 5.32 Å². The Balaban J connectivity index is 1.29. The fraction of sp³-hybridized carbons (Fsp3) is 0.837. The Labute approximate surface area is 334 Å². The number of carbonyl (C=O) groups is 1. The highest BCUT2D eigenvalue weighted by Crippen LogP contribution is 2.42. The van der Waals surface area contributed by atoms with Crippen molar-refractivity contribution in [3.8, 4) is 0 Å². The second-order valence-corrected chi connectivity index (χ2v) is 17.8. The minimum absolute atomic E-state index is 0.0374. The van der Waals surface area contributed by atoms with Gasteiger partial charge in [-0.25, -0.2) is 0 Å². The van der Waals surface area contributed by atoms with Crippen LogP contribution in [0.15, 0.2) is 30.3 Å². The topological polar surface area (TPSA) is 142 Å². The van der Waals surface area contributed by atoms with Gasteiger partial charge in [0.15, 0.2) is 24.7 Å². The summed E-state index contributed by atoms with van der Waals surface area (Å²) in [5.41, 5.74) is 1.10. The first-order valence-electron chi connectivity index (χ1n) is 20.9. The summed E-state index contributed by atoms with van der Waals surface area (Å²) in [7, 11) is 0. The summed E-state index contributed by atoms with van der Waals surface area (Å²) in [6, 6.07) is 9.14. The number of fused-ring (bicyclic) bond motifs is 1. The summed E-state index contributed by atoms with van der Waals surface area (Å²) < 4.78 is 65.7. The number of carbonyl (C=O) groups excluding carboxylic acids is 1. The van der Waals surface area contributed by atoms with E-state index in [4.69, 9.17) is 47.4 Å². The molecule has 20 atom stereocenters. The van der Waals surface area contributed by atoms with Crippen molar-refractivity contribution in [3.05, 3.63) is 35.9 Å². The second-order valence-electron chi connectivity index (χ2n) is 17.8. The van der Waals surface area contributed by atoms with Crippen LogP contribution in [0, 0.1) is 35.5 Å². The molecule has 5 aliphatic heterocycles. The molecule has 6 rings (SSSR count). The van der Waals surface area contributed by atoms with Gasteiger partial charge in [-0.3, -0.25) is 4.79 Å². The smallest absolute Gasteiger partial charge is 0.217 e. The number of rotatable bonds is 11. The van der Waals surface area contributed by atoms with Crippen molar-refractivity contribution < 1.29 is 57.3 Å². The predicted octanol–water partition coefficient (Wildman–Crippen LogP) is 5.19. The lowest BCUT2D eigenvalue weighted by molar-refractivity contribution is -0.400. The zero-order valence-electron chi connectivity index (χ0n) is 35.5. The van der Waals surface area contributed by atoms with Gasteiger partial charge in [0.1, 0.15) is 30.5 Å². The predicted molar refractivity (Wildman–Crippen MR) is 206 cm³/mol. The molecule has 5 fully saturated rings. The van der Waals surface area contributed by atoms with E-state index in [2.05, 4.69) is 65.9 Å². The van der Waals surface area contributed by atoms with Gasteiger partial charge >= 0.3 is 0 Å². The summed E-state index contributed by atoms with van der Waals surface area (Å²) >= 11 is 0. The molecule has 318 valence electrons. The maximum Gasteiger partial charge on any atom is 0.217 e. The molecule has 8 unspecified atom stereocenters. The quantitative estimate of drug-likeness (QED) is 0.305. The summed E-state index contributed by atoms with van der Waals surface area (Å²) in [4.78, 5) is 12.6. The molecule has 5 aliphatic rings. The molecule has 13 nitrogen and oxygen atoms in total. The zero-order valence-corrected chi connectivity index (χ0v) is 35.5. The zero-order chi connectivity index (χ0) is 40.6. The van der Waals surface area contributed by atoms with Crippen LogP contribution in [0.4, 0.5) is 0 Å². The third kappa shape index (κ3) is 9.65. The minimum Gasteiger partial charge on any atom is -0.388 e. The highest BCUT2D eigenvalue weighted by molar-refractivity contribution is 5.73. The molecule has 0 bridgehead atoms. The molecular formula is C43H69NO12. The van der Waals surface area contributed by atoms with Crippen LogP contribution >= 0.6 is 0 Å². The lowest BCUT2D eigenvalue weighted by Crippen LogP contribution is -2.70. The van der Waals surface area contributed by atoms with Crippen LogP contribution in [0.3, 0.4) is 0 Å². The van der Waals surface area contributed by atoms with Gasteiger partial charge in [0.05, 0.1) is 56.4 Å². The fourth-order valence-electron chi connectivity index (χ4n) is 9.03. The van der Waals surface area contributed by atoms with Crippen LogP contribution in [-0.2, 0) is 58.8 Å². The molecule has 0 aromatic heterocycles. The van der Waals surface area contributed by atoms with Gasteiger partial charge in [-0.2, -0.15) is 0 Å².